The number of fused-ring (bicyclic) bond motifs is 1. The Morgan fingerprint density at radius 3 is 2.85 bits per heavy atom. The van der Waals surface area contributed by atoms with Gasteiger partial charge in [0.2, 0.25) is 0 Å². The largest absolute Gasteiger partial charge is 0.492 e. The molecule has 3 aromatic rings. The Labute approximate surface area is 120 Å². The van der Waals surface area contributed by atoms with Crippen LogP contribution in [0.4, 0.5) is 4.39 Å². The first kappa shape index (κ1) is 12.9. The number of nitrogens with one attached hydrogen (secondary N) is 1. The summed E-state index contributed by atoms with van der Waals surface area (Å²) in [7, 11) is 0. The lowest BCUT2D eigenvalue weighted by Gasteiger charge is -2.11. The second-order valence-electron chi connectivity index (χ2n) is 4.33. The molecule has 3 nitrogen and oxygen atoms in total. The number of ether oxygens (including phenoxy) is 1. The summed E-state index contributed by atoms with van der Waals surface area (Å²) >= 11 is 5.35. The van der Waals surface area contributed by atoms with E-state index in [-0.39, 0.29) is 5.82 Å². The molecule has 0 bridgehead atoms. The molecular weight excluding hydrogens is 275 g/mol. The molecule has 102 valence electrons. The van der Waals surface area contributed by atoms with Crippen molar-refractivity contribution in [1.29, 1.82) is 0 Å². The van der Waals surface area contributed by atoms with Crippen molar-refractivity contribution >= 4 is 23.3 Å². The highest BCUT2D eigenvalue weighted by Gasteiger charge is 2.11. The topological polar surface area (TPSA) is 29.9 Å². The molecule has 0 saturated carbocycles. The molecular formula is C15H13FN2OS. The number of aromatic amines is 1. The normalized spacial score (nSPS) is 10.9. The van der Waals surface area contributed by atoms with Gasteiger partial charge in [-0.3, -0.25) is 4.57 Å². The third-order valence-corrected chi connectivity index (χ3v) is 3.34. The zero-order valence-corrected chi connectivity index (χ0v) is 11.7. The second kappa shape index (κ2) is 5.09. The number of aromatic nitrogens is 2. The Kier molecular flexibility index (Phi) is 3.28. The van der Waals surface area contributed by atoms with E-state index in [1.807, 2.05) is 31.2 Å². The van der Waals surface area contributed by atoms with Gasteiger partial charge >= 0.3 is 0 Å². The third kappa shape index (κ3) is 2.10. The standard InChI is InChI=1S/C15H13FN2OS/c1-2-19-14-6-4-3-5-12(14)18-13-9-10(16)7-8-11(13)17-15(18)20/h3-9H,2H2,1H3,(H,17,20). The van der Waals surface area contributed by atoms with Crippen LogP contribution >= 0.6 is 12.2 Å². The lowest BCUT2D eigenvalue weighted by Crippen LogP contribution is -2.00. The Morgan fingerprint density at radius 2 is 2.05 bits per heavy atom. The van der Waals surface area contributed by atoms with Crippen LogP contribution < -0.4 is 4.74 Å². The molecule has 0 aliphatic carbocycles. The lowest BCUT2D eigenvalue weighted by molar-refractivity contribution is 0.339. The Morgan fingerprint density at radius 1 is 1.25 bits per heavy atom. The minimum atomic E-state index is -0.297. The smallest absolute Gasteiger partial charge is 0.182 e. The van der Waals surface area contributed by atoms with E-state index in [0.717, 1.165) is 17.0 Å². The van der Waals surface area contributed by atoms with Crippen LogP contribution in [0.25, 0.3) is 16.7 Å². The summed E-state index contributed by atoms with van der Waals surface area (Å²) in [4.78, 5) is 3.08. The van der Waals surface area contributed by atoms with Gasteiger partial charge in [-0.05, 0) is 43.4 Å². The van der Waals surface area contributed by atoms with E-state index in [2.05, 4.69) is 4.98 Å². The van der Waals surface area contributed by atoms with Crippen molar-refractivity contribution < 1.29 is 9.13 Å². The molecule has 1 aromatic heterocycles. The molecule has 0 radical (unpaired) electrons. The van der Waals surface area contributed by atoms with Crippen molar-refractivity contribution in [3.63, 3.8) is 0 Å². The molecule has 0 saturated heterocycles. The van der Waals surface area contributed by atoms with Crippen LogP contribution in [-0.2, 0) is 0 Å². The second-order valence-corrected chi connectivity index (χ2v) is 4.71. The molecule has 0 aliphatic heterocycles. The molecule has 0 amide bonds. The maximum Gasteiger partial charge on any atom is 0.182 e. The maximum atomic E-state index is 13.5. The highest BCUT2D eigenvalue weighted by molar-refractivity contribution is 7.71. The number of nitrogens with zero attached hydrogens (tertiary/aromatic N) is 1. The van der Waals surface area contributed by atoms with E-state index >= 15 is 0 Å². The predicted molar refractivity (Wildman–Crippen MR) is 79.6 cm³/mol. The first-order chi connectivity index (χ1) is 9.70. The molecule has 0 spiro atoms. The van der Waals surface area contributed by atoms with Gasteiger partial charge in [-0.25, -0.2) is 4.39 Å². The first-order valence-corrected chi connectivity index (χ1v) is 6.74. The van der Waals surface area contributed by atoms with E-state index in [0.29, 0.717) is 16.9 Å². The zero-order chi connectivity index (χ0) is 14.1. The van der Waals surface area contributed by atoms with Crippen LogP contribution in [0.15, 0.2) is 42.5 Å². The molecule has 0 unspecified atom stereocenters. The lowest BCUT2D eigenvalue weighted by atomic mass is 10.2. The fourth-order valence-electron chi connectivity index (χ4n) is 2.23. The summed E-state index contributed by atoms with van der Waals surface area (Å²) in [5.41, 5.74) is 2.29. The first-order valence-electron chi connectivity index (χ1n) is 6.33. The number of H-pyrrole nitrogens is 1. The molecule has 20 heavy (non-hydrogen) atoms. The van der Waals surface area contributed by atoms with Gasteiger partial charge in [0.05, 0.1) is 23.3 Å². The molecule has 0 fully saturated rings. The number of para-hydroxylation sites is 2. The summed E-state index contributed by atoms with van der Waals surface area (Å²) in [6, 6.07) is 12.1. The number of halogens is 1. The summed E-state index contributed by atoms with van der Waals surface area (Å²) in [6.07, 6.45) is 0. The Balaban J connectivity index is 2.32. The fourth-order valence-corrected chi connectivity index (χ4v) is 2.54. The van der Waals surface area contributed by atoms with E-state index in [9.17, 15) is 4.39 Å². The van der Waals surface area contributed by atoms with Crippen LogP contribution in [0, 0.1) is 10.6 Å². The minimum Gasteiger partial charge on any atom is -0.492 e. The van der Waals surface area contributed by atoms with Gasteiger partial charge in [0, 0.05) is 6.07 Å². The summed E-state index contributed by atoms with van der Waals surface area (Å²) in [5, 5.41) is 0. The summed E-state index contributed by atoms with van der Waals surface area (Å²) < 4.78 is 21.4. The van der Waals surface area contributed by atoms with Gasteiger partial charge in [-0.1, -0.05) is 12.1 Å². The van der Waals surface area contributed by atoms with Crippen molar-refractivity contribution in [2.75, 3.05) is 6.61 Å². The molecule has 5 heteroatoms. The Hall–Kier alpha value is -2.14. The van der Waals surface area contributed by atoms with E-state index in [1.165, 1.54) is 12.1 Å². The van der Waals surface area contributed by atoms with Gasteiger partial charge in [-0.2, -0.15) is 0 Å². The van der Waals surface area contributed by atoms with Crippen LogP contribution in [-0.4, -0.2) is 16.2 Å². The zero-order valence-electron chi connectivity index (χ0n) is 10.9. The molecule has 3 rings (SSSR count). The van der Waals surface area contributed by atoms with Crippen molar-refractivity contribution in [2.24, 2.45) is 0 Å². The molecule has 0 aliphatic rings. The van der Waals surface area contributed by atoms with Gasteiger partial charge in [0.1, 0.15) is 11.6 Å². The summed E-state index contributed by atoms with van der Waals surface area (Å²) in [5.74, 6) is 0.422. The highest BCUT2D eigenvalue weighted by atomic mass is 32.1. The quantitative estimate of drug-likeness (QED) is 0.731. The average Bonchev–Trinajstić information content (AvgIpc) is 2.75. The molecule has 0 atom stereocenters. The van der Waals surface area contributed by atoms with Gasteiger partial charge in [-0.15, -0.1) is 0 Å². The van der Waals surface area contributed by atoms with Gasteiger partial charge in [0.15, 0.2) is 4.77 Å². The summed E-state index contributed by atoms with van der Waals surface area (Å²) in [6.45, 7) is 2.48. The highest BCUT2D eigenvalue weighted by Crippen LogP contribution is 2.27. The van der Waals surface area contributed by atoms with Crippen molar-refractivity contribution in [1.82, 2.24) is 9.55 Å². The van der Waals surface area contributed by atoms with Crippen LogP contribution in [0.3, 0.4) is 0 Å². The number of rotatable bonds is 3. The molecule has 2 aromatic carbocycles. The SMILES string of the molecule is CCOc1ccccc1-n1c(=S)[nH]c2ccc(F)cc21. The van der Waals surface area contributed by atoms with E-state index in [1.54, 1.807) is 10.6 Å². The number of hydrogen-bond acceptors (Lipinski definition) is 2. The third-order valence-electron chi connectivity index (χ3n) is 3.05. The molecule has 1 heterocycles. The van der Waals surface area contributed by atoms with Gasteiger partial charge in [0.25, 0.3) is 0 Å². The number of imidazole rings is 1. The van der Waals surface area contributed by atoms with Crippen molar-refractivity contribution in [3.8, 4) is 11.4 Å². The van der Waals surface area contributed by atoms with Gasteiger partial charge < -0.3 is 9.72 Å². The predicted octanol–water partition coefficient (Wildman–Crippen LogP) is 4.23. The van der Waals surface area contributed by atoms with E-state index < -0.39 is 0 Å². The Bertz CT molecular complexity index is 822. The minimum absolute atomic E-state index is 0.297. The number of benzene rings is 2. The monoisotopic (exact) mass is 288 g/mol. The van der Waals surface area contributed by atoms with Crippen LogP contribution in [0.5, 0.6) is 5.75 Å². The molecule has 1 N–H and O–H groups in total. The van der Waals surface area contributed by atoms with Crippen LogP contribution in [0.1, 0.15) is 6.92 Å². The average molecular weight is 288 g/mol. The van der Waals surface area contributed by atoms with Crippen molar-refractivity contribution in [2.45, 2.75) is 6.92 Å². The maximum absolute atomic E-state index is 13.5. The van der Waals surface area contributed by atoms with E-state index in [4.69, 9.17) is 17.0 Å². The van der Waals surface area contributed by atoms with Crippen LogP contribution in [0.2, 0.25) is 0 Å². The number of hydrogen-bond donors (Lipinski definition) is 1. The fraction of sp³-hybridized carbons (Fsp3) is 0.133. The van der Waals surface area contributed by atoms with Crippen molar-refractivity contribution in [3.05, 3.63) is 53.1 Å².